The Bertz CT molecular complexity index is 300. The van der Waals surface area contributed by atoms with Crippen LogP contribution in [0.2, 0.25) is 0 Å². The fourth-order valence-corrected chi connectivity index (χ4v) is 1.58. The quantitative estimate of drug-likeness (QED) is 0.671. The van der Waals surface area contributed by atoms with E-state index in [0.29, 0.717) is 0 Å². The second-order valence-corrected chi connectivity index (χ2v) is 4.20. The molecule has 0 aromatic carbocycles. The molecule has 0 unspecified atom stereocenters. The molecule has 1 heterocycles. The average molecular weight is 237 g/mol. The van der Waals surface area contributed by atoms with Crippen molar-refractivity contribution in [2.75, 3.05) is 31.6 Å². The molecule has 0 radical (unpaired) electrons. The summed E-state index contributed by atoms with van der Waals surface area (Å²) < 4.78 is 0. The van der Waals surface area contributed by atoms with Gasteiger partial charge in [-0.3, -0.25) is 0 Å². The third-order valence-corrected chi connectivity index (χ3v) is 2.61. The standard InChI is InChI=1S/C13H23N3O/c1-3-7-14-10-12-5-6-13(15-11-12)16(2)8-4-9-17/h5-6,11,14,17H,3-4,7-10H2,1-2H3. The van der Waals surface area contributed by atoms with Crippen molar-refractivity contribution in [3.63, 3.8) is 0 Å². The first-order valence-corrected chi connectivity index (χ1v) is 6.25. The highest BCUT2D eigenvalue weighted by Crippen LogP contribution is 2.09. The van der Waals surface area contributed by atoms with E-state index < -0.39 is 0 Å². The molecule has 1 rings (SSSR count). The lowest BCUT2D eigenvalue weighted by Crippen LogP contribution is -2.20. The van der Waals surface area contributed by atoms with Crippen molar-refractivity contribution in [3.05, 3.63) is 23.9 Å². The van der Waals surface area contributed by atoms with Crippen molar-refractivity contribution < 1.29 is 5.11 Å². The van der Waals surface area contributed by atoms with Crippen molar-refractivity contribution in [1.29, 1.82) is 0 Å². The SMILES string of the molecule is CCCNCc1ccc(N(C)CCCO)nc1. The van der Waals surface area contributed by atoms with Crippen LogP contribution in [0.5, 0.6) is 0 Å². The molecule has 0 atom stereocenters. The molecular weight excluding hydrogens is 214 g/mol. The van der Waals surface area contributed by atoms with Crippen molar-refractivity contribution in [2.24, 2.45) is 0 Å². The van der Waals surface area contributed by atoms with Crippen molar-refractivity contribution in [2.45, 2.75) is 26.3 Å². The van der Waals surface area contributed by atoms with Gasteiger partial charge < -0.3 is 15.3 Å². The first-order chi connectivity index (χ1) is 8.27. The lowest BCUT2D eigenvalue weighted by atomic mass is 10.2. The Morgan fingerprint density at radius 3 is 2.82 bits per heavy atom. The highest BCUT2D eigenvalue weighted by Gasteiger charge is 2.01. The van der Waals surface area contributed by atoms with Gasteiger partial charge in [-0.05, 0) is 31.0 Å². The number of aliphatic hydroxyl groups excluding tert-OH is 1. The smallest absolute Gasteiger partial charge is 0.128 e. The molecule has 0 amide bonds. The van der Waals surface area contributed by atoms with E-state index in [0.717, 1.165) is 38.3 Å². The fraction of sp³-hybridized carbons (Fsp3) is 0.615. The molecule has 0 saturated heterocycles. The summed E-state index contributed by atoms with van der Waals surface area (Å²) in [6, 6.07) is 4.13. The van der Waals surface area contributed by atoms with E-state index in [-0.39, 0.29) is 6.61 Å². The van der Waals surface area contributed by atoms with Crippen molar-refractivity contribution >= 4 is 5.82 Å². The van der Waals surface area contributed by atoms with Crippen LogP contribution in [0.1, 0.15) is 25.3 Å². The molecule has 0 aliphatic heterocycles. The minimum absolute atomic E-state index is 0.226. The summed E-state index contributed by atoms with van der Waals surface area (Å²) in [5, 5.41) is 12.1. The maximum absolute atomic E-state index is 8.77. The Balaban J connectivity index is 2.43. The van der Waals surface area contributed by atoms with Gasteiger partial charge in [0.05, 0.1) is 0 Å². The molecule has 2 N–H and O–H groups in total. The number of aromatic nitrogens is 1. The predicted molar refractivity (Wildman–Crippen MR) is 71.2 cm³/mol. The second-order valence-electron chi connectivity index (χ2n) is 4.20. The Labute approximate surface area is 104 Å². The highest BCUT2D eigenvalue weighted by atomic mass is 16.3. The summed E-state index contributed by atoms with van der Waals surface area (Å²) in [7, 11) is 1.99. The van der Waals surface area contributed by atoms with E-state index in [1.807, 2.05) is 19.3 Å². The third-order valence-electron chi connectivity index (χ3n) is 2.61. The summed E-state index contributed by atoms with van der Waals surface area (Å²) in [5.41, 5.74) is 1.21. The molecule has 0 spiro atoms. The van der Waals surface area contributed by atoms with E-state index in [2.05, 4.69) is 28.2 Å². The zero-order valence-electron chi connectivity index (χ0n) is 10.8. The monoisotopic (exact) mass is 237 g/mol. The molecule has 96 valence electrons. The van der Waals surface area contributed by atoms with E-state index in [9.17, 15) is 0 Å². The van der Waals surface area contributed by atoms with Gasteiger partial charge in [-0.2, -0.15) is 0 Å². The van der Waals surface area contributed by atoms with Crippen LogP contribution < -0.4 is 10.2 Å². The van der Waals surface area contributed by atoms with Gasteiger partial charge in [-0.1, -0.05) is 13.0 Å². The van der Waals surface area contributed by atoms with Crippen LogP contribution in [-0.2, 0) is 6.54 Å². The molecule has 17 heavy (non-hydrogen) atoms. The molecule has 4 nitrogen and oxygen atoms in total. The summed E-state index contributed by atoms with van der Waals surface area (Å²) >= 11 is 0. The molecule has 0 aliphatic carbocycles. The number of aliphatic hydroxyl groups is 1. The van der Waals surface area contributed by atoms with Gasteiger partial charge in [0.2, 0.25) is 0 Å². The normalized spacial score (nSPS) is 10.5. The van der Waals surface area contributed by atoms with Crippen LogP contribution in [0.4, 0.5) is 5.82 Å². The van der Waals surface area contributed by atoms with Gasteiger partial charge in [-0.25, -0.2) is 4.98 Å². The molecule has 0 saturated carbocycles. The average Bonchev–Trinajstić information content (AvgIpc) is 2.37. The van der Waals surface area contributed by atoms with Crippen LogP contribution >= 0.6 is 0 Å². The summed E-state index contributed by atoms with van der Waals surface area (Å²) in [5.74, 6) is 0.956. The van der Waals surface area contributed by atoms with Gasteiger partial charge in [0.1, 0.15) is 5.82 Å². The predicted octanol–water partition coefficient (Wildman–Crippen LogP) is 1.40. The van der Waals surface area contributed by atoms with Gasteiger partial charge >= 0.3 is 0 Å². The van der Waals surface area contributed by atoms with Gasteiger partial charge in [-0.15, -0.1) is 0 Å². The Hall–Kier alpha value is -1.13. The van der Waals surface area contributed by atoms with Gasteiger partial charge in [0.15, 0.2) is 0 Å². The molecular formula is C13H23N3O. The maximum Gasteiger partial charge on any atom is 0.128 e. The largest absolute Gasteiger partial charge is 0.396 e. The lowest BCUT2D eigenvalue weighted by Gasteiger charge is -2.17. The molecule has 0 fully saturated rings. The maximum atomic E-state index is 8.77. The minimum atomic E-state index is 0.226. The fourth-order valence-electron chi connectivity index (χ4n) is 1.58. The summed E-state index contributed by atoms with van der Waals surface area (Å²) in [4.78, 5) is 6.47. The minimum Gasteiger partial charge on any atom is -0.396 e. The molecule has 0 bridgehead atoms. The van der Waals surface area contributed by atoms with E-state index in [1.54, 1.807) is 0 Å². The third kappa shape index (κ3) is 5.15. The summed E-state index contributed by atoms with van der Waals surface area (Å²) in [6.45, 7) is 5.13. The van der Waals surface area contributed by atoms with Crippen molar-refractivity contribution in [1.82, 2.24) is 10.3 Å². The van der Waals surface area contributed by atoms with Gasteiger partial charge in [0, 0.05) is 32.9 Å². The van der Waals surface area contributed by atoms with E-state index in [4.69, 9.17) is 5.11 Å². The molecule has 0 aliphatic rings. The molecule has 1 aromatic rings. The number of anilines is 1. The zero-order chi connectivity index (χ0) is 12.5. The highest BCUT2D eigenvalue weighted by molar-refractivity contribution is 5.38. The lowest BCUT2D eigenvalue weighted by molar-refractivity contribution is 0.290. The van der Waals surface area contributed by atoms with E-state index in [1.165, 1.54) is 5.56 Å². The van der Waals surface area contributed by atoms with Crippen LogP contribution in [0.3, 0.4) is 0 Å². The Morgan fingerprint density at radius 2 is 2.24 bits per heavy atom. The van der Waals surface area contributed by atoms with Gasteiger partial charge in [0.25, 0.3) is 0 Å². The number of hydrogen-bond acceptors (Lipinski definition) is 4. The Kier molecular flexibility index (Phi) is 6.58. The number of hydrogen-bond donors (Lipinski definition) is 2. The first kappa shape index (κ1) is 13.9. The van der Waals surface area contributed by atoms with Crippen molar-refractivity contribution in [3.8, 4) is 0 Å². The molecule has 1 aromatic heterocycles. The van der Waals surface area contributed by atoms with Crippen LogP contribution in [0.15, 0.2) is 18.3 Å². The van der Waals surface area contributed by atoms with Crippen LogP contribution in [-0.4, -0.2) is 36.8 Å². The van der Waals surface area contributed by atoms with Crippen LogP contribution in [0.25, 0.3) is 0 Å². The van der Waals surface area contributed by atoms with Crippen LogP contribution in [0, 0.1) is 0 Å². The van der Waals surface area contributed by atoms with E-state index >= 15 is 0 Å². The Morgan fingerprint density at radius 1 is 1.41 bits per heavy atom. The first-order valence-electron chi connectivity index (χ1n) is 6.25. The molecule has 4 heteroatoms. The summed E-state index contributed by atoms with van der Waals surface area (Å²) in [6.07, 6.45) is 3.83. The second kappa shape index (κ2) is 8.03. The zero-order valence-corrected chi connectivity index (χ0v) is 10.8. The number of rotatable bonds is 8. The number of pyridine rings is 1. The number of nitrogens with zero attached hydrogens (tertiary/aromatic N) is 2. The number of nitrogens with one attached hydrogen (secondary N) is 1. The topological polar surface area (TPSA) is 48.4 Å².